The Morgan fingerprint density at radius 3 is 2.95 bits per heavy atom. The van der Waals surface area contributed by atoms with E-state index in [0.29, 0.717) is 23.8 Å². The Morgan fingerprint density at radius 1 is 1.53 bits per heavy atom. The lowest BCUT2D eigenvalue weighted by atomic mass is 10.2. The lowest BCUT2D eigenvalue weighted by molar-refractivity contribution is -0.126. The van der Waals surface area contributed by atoms with Crippen LogP contribution in [0.15, 0.2) is 18.2 Å². The van der Waals surface area contributed by atoms with Gasteiger partial charge in [0.1, 0.15) is 6.04 Å². The second-order valence-electron chi connectivity index (χ2n) is 4.52. The fourth-order valence-electron chi connectivity index (χ4n) is 2.03. The van der Waals surface area contributed by atoms with Crippen molar-refractivity contribution in [3.63, 3.8) is 0 Å². The summed E-state index contributed by atoms with van der Waals surface area (Å²) < 4.78 is 0. The molecule has 0 radical (unpaired) electrons. The number of para-hydroxylation sites is 1. The van der Waals surface area contributed by atoms with Gasteiger partial charge < -0.3 is 15.5 Å². The first-order chi connectivity index (χ1) is 9.00. The number of rotatable bonds is 1. The number of aryl methyl sites for hydroxylation is 1. The van der Waals surface area contributed by atoms with Gasteiger partial charge in [0.2, 0.25) is 5.91 Å². The smallest absolute Gasteiger partial charge is 0.322 e. The highest BCUT2D eigenvalue weighted by Gasteiger charge is 2.29. The van der Waals surface area contributed by atoms with Gasteiger partial charge in [0.25, 0.3) is 0 Å². The van der Waals surface area contributed by atoms with Crippen LogP contribution in [0.25, 0.3) is 0 Å². The quantitative estimate of drug-likeness (QED) is 0.827. The minimum atomic E-state index is -0.475. The molecular weight excluding hydrogens is 266 g/mol. The molecule has 0 spiro atoms. The molecule has 5 nitrogen and oxygen atoms in total. The minimum absolute atomic E-state index is 0.141. The van der Waals surface area contributed by atoms with E-state index in [1.165, 1.54) is 4.90 Å². The third-order valence-electron chi connectivity index (χ3n) is 3.21. The monoisotopic (exact) mass is 281 g/mol. The van der Waals surface area contributed by atoms with Crippen LogP contribution < -0.4 is 10.6 Å². The van der Waals surface area contributed by atoms with Crippen LogP contribution in [-0.2, 0) is 4.79 Å². The number of nitrogens with zero attached hydrogens (tertiary/aromatic N) is 1. The van der Waals surface area contributed by atoms with E-state index >= 15 is 0 Å². The Kier molecular flexibility index (Phi) is 3.95. The fraction of sp³-hybridized carbons (Fsp3) is 0.385. The number of piperazine rings is 1. The summed E-state index contributed by atoms with van der Waals surface area (Å²) in [6, 6.07) is 4.63. The molecule has 1 aliphatic rings. The predicted molar refractivity (Wildman–Crippen MR) is 74.4 cm³/mol. The number of amides is 3. The third kappa shape index (κ3) is 2.81. The zero-order chi connectivity index (χ0) is 14.0. The lowest BCUT2D eigenvalue weighted by Crippen LogP contribution is -2.56. The molecule has 0 bridgehead atoms. The molecule has 1 heterocycles. The molecule has 3 amide bonds. The zero-order valence-electron chi connectivity index (χ0n) is 10.9. The Bertz CT molecular complexity index is 498. The molecule has 102 valence electrons. The van der Waals surface area contributed by atoms with Crippen molar-refractivity contribution in [1.29, 1.82) is 0 Å². The number of hydrogen-bond acceptors (Lipinski definition) is 2. The Balaban J connectivity index is 2.15. The van der Waals surface area contributed by atoms with Crippen LogP contribution in [0.3, 0.4) is 0 Å². The summed E-state index contributed by atoms with van der Waals surface area (Å²) in [4.78, 5) is 25.2. The number of carbonyl (C=O) groups is 2. The number of halogens is 1. The predicted octanol–water partition coefficient (Wildman–Crippen LogP) is 2.00. The molecule has 1 aromatic rings. The van der Waals surface area contributed by atoms with Crippen molar-refractivity contribution in [2.24, 2.45) is 0 Å². The molecule has 0 saturated carbocycles. The molecule has 0 aromatic heterocycles. The highest BCUT2D eigenvalue weighted by Crippen LogP contribution is 2.25. The van der Waals surface area contributed by atoms with Gasteiger partial charge in [-0.1, -0.05) is 23.7 Å². The van der Waals surface area contributed by atoms with Crippen molar-refractivity contribution in [1.82, 2.24) is 10.2 Å². The van der Waals surface area contributed by atoms with E-state index in [1.54, 1.807) is 13.0 Å². The number of anilines is 1. The van der Waals surface area contributed by atoms with Gasteiger partial charge in [-0.25, -0.2) is 4.79 Å². The van der Waals surface area contributed by atoms with Crippen molar-refractivity contribution in [3.05, 3.63) is 28.8 Å². The molecule has 0 unspecified atom stereocenters. The van der Waals surface area contributed by atoms with Crippen LogP contribution in [0, 0.1) is 6.92 Å². The lowest BCUT2D eigenvalue weighted by Gasteiger charge is -2.33. The summed E-state index contributed by atoms with van der Waals surface area (Å²) in [6.45, 7) is 4.53. The summed E-state index contributed by atoms with van der Waals surface area (Å²) in [5.41, 5.74) is 1.47. The molecule has 2 N–H and O–H groups in total. The number of urea groups is 1. The molecule has 1 fully saturated rings. The normalized spacial score (nSPS) is 19.0. The van der Waals surface area contributed by atoms with Crippen LogP contribution in [0.5, 0.6) is 0 Å². The second kappa shape index (κ2) is 5.48. The maximum Gasteiger partial charge on any atom is 0.322 e. The van der Waals surface area contributed by atoms with Crippen molar-refractivity contribution in [3.8, 4) is 0 Å². The summed E-state index contributed by atoms with van der Waals surface area (Å²) in [5, 5.41) is 5.98. The number of benzene rings is 1. The van der Waals surface area contributed by atoms with Crippen molar-refractivity contribution in [2.45, 2.75) is 19.9 Å². The van der Waals surface area contributed by atoms with Gasteiger partial charge in [0, 0.05) is 13.1 Å². The van der Waals surface area contributed by atoms with E-state index < -0.39 is 6.04 Å². The standard InChI is InChI=1S/C13H16ClN3O2/c1-8-4-3-5-10(14)11(8)16-13(19)17-7-6-15-12(18)9(17)2/h3-5,9H,6-7H2,1-2H3,(H,15,18)(H,16,19)/t9-/m0/s1. The number of nitrogens with one attached hydrogen (secondary N) is 2. The van der Waals surface area contributed by atoms with Crippen LogP contribution >= 0.6 is 11.6 Å². The number of carbonyl (C=O) groups excluding carboxylic acids is 2. The molecule has 1 saturated heterocycles. The van der Waals surface area contributed by atoms with Gasteiger partial charge in [0.15, 0.2) is 0 Å². The van der Waals surface area contributed by atoms with Crippen molar-refractivity contribution in [2.75, 3.05) is 18.4 Å². The van der Waals surface area contributed by atoms with E-state index in [2.05, 4.69) is 10.6 Å². The van der Waals surface area contributed by atoms with Crippen LogP contribution in [0.4, 0.5) is 10.5 Å². The Hall–Kier alpha value is -1.75. The van der Waals surface area contributed by atoms with E-state index in [-0.39, 0.29) is 11.9 Å². The van der Waals surface area contributed by atoms with E-state index in [0.717, 1.165) is 5.56 Å². The van der Waals surface area contributed by atoms with Crippen LogP contribution in [-0.4, -0.2) is 36.0 Å². The van der Waals surface area contributed by atoms with Crippen molar-refractivity contribution >= 4 is 29.2 Å². The maximum absolute atomic E-state index is 12.2. The van der Waals surface area contributed by atoms with Gasteiger partial charge >= 0.3 is 6.03 Å². The SMILES string of the molecule is Cc1cccc(Cl)c1NC(=O)N1CCNC(=O)[C@@H]1C. The molecule has 19 heavy (non-hydrogen) atoms. The summed E-state index contributed by atoms with van der Waals surface area (Å²) >= 11 is 6.07. The molecule has 2 rings (SSSR count). The summed E-state index contributed by atoms with van der Waals surface area (Å²) in [5.74, 6) is -0.141. The second-order valence-corrected chi connectivity index (χ2v) is 4.93. The summed E-state index contributed by atoms with van der Waals surface area (Å²) in [6.07, 6.45) is 0. The minimum Gasteiger partial charge on any atom is -0.353 e. The van der Waals surface area contributed by atoms with Gasteiger partial charge in [0.05, 0.1) is 10.7 Å². The molecule has 1 aromatic carbocycles. The third-order valence-corrected chi connectivity index (χ3v) is 3.53. The molecule has 6 heteroatoms. The molecular formula is C13H16ClN3O2. The topological polar surface area (TPSA) is 61.4 Å². The van der Waals surface area contributed by atoms with Gasteiger partial charge in [-0.2, -0.15) is 0 Å². The molecule has 1 atom stereocenters. The largest absolute Gasteiger partial charge is 0.353 e. The Labute approximate surface area is 116 Å². The van der Waals surface area contributed by atoms with Crippen LogP contribution in [0.1, 0.15) is 12.5 Å². The van der Waals surface area contributed by atoms with Gasteiger partial charge in [-0.05, 0) is 25.5 Å². The van der Waals surface area contributed by atoms with Crippen molar-refractivity contribution < 1.29 is 9.59 Å². The van der Waals surface area contributed by atoms with E-state index in [9.17, 15) is 9.59 Å². The molecule has 0 aliphatic carbocycles. The first kappa shape index (κ1) is 13.7. The van der Waals surface area contributed by atoms with E-state index in [4.69, 9.17) is 11.6 Å². The number of hydrogen-bond donors (Lipinski definition) is 2. The maximum atomic E-state index is 12.2. The van der Waals surface area contributed by atoms with Gasteiger partial charge in [-0.3, -0.25) is 4.79 Å². The Morgan fingerprint density at radius 2 is 2.26 bits per heavy atom. The highest BCUT2D eigenvalue weighted by molar-refractivity contribution is 6.33. The average Bonchev–Trinajstić information content (AvgIpc) is 2.37. The summed E-state index contributed by atoms with van der Waals surface area (Å²) in [7, 11) is 0. The first-order valence-electron chi connectivity index (χ1n) is 6.11. The average molecular weight is 282 g/mol. The van der Waals surface area contributed by atoms with E-state index in [1.807, 2.05) is 19.1 Å². The van der Waals surface area contributed by atoms with Gasteiger partial charge in [-0.15, -0.1) is 0 Å². The first-order valence-corrected chi connectivity index (χ1v) is 6.49. The van der Waals surface area contributed by atoms with Crippen LogP contribution in [0.2, 0.25) is 5.02 Å². The highest BCUT2D eigenvalue weighted by atomic mass is 35.5. The molecule has 1 aliphatic heterocycles. The zero-order valence-corrected chi connectivity index (χ0v) is 11.6. The fourth-order valence-corrected chi connectivity index (χ4v) is 2.30.